The first-order valence-electron chi connectivity index (χ1n) is 9.15. The lowest BCUT2D eigenvalue weighted by Gasteiger charge is -2.25. The van der Waals surface area contributed by atoms with Gasteiger partial charge in [-0.25, -0.2) is 0 Å². The number of hydrogen-bond donors (Lipinski definition) is 1. The van der Waals surface area contributed by atoms with Crippen LogP contribution in [0.4, 0.5) is 17.1 Å². The summed E-state index contributed by atoms with van der Waals surface area (Å²) in [5.74, 6) is 0. The van der Waals surface area contributed by atoms with Crippen molar-refractivity contribution in [3.8, 4) is 11.1 Å². The fourth-order valence-electron chi connectivity index (χ4n) is 3.22. The van der Waals surface area contributed by atoms with Gasteiger partial charge in [-0.2, -0.15) is 0 Å². The summed E-state index contributed by atoms with van der Waals surface area (Å²) >= 11 is 6.00. The lowest BCUT2D eigenvalue weighted by molar-refractivity contribution is 0.282. The van der Waals surface area contributed by atoms with Crippen molar-refractivity contribution in [2.45, 2.75) is 6.61 Å². The van der Waals surface area contributed by atoms with Crippen molar-refractivity contribution >= 4 is 28.7 Å². The molecule has 4 aromatic carbocycles. The molecular weight excluding hydrogens is 366 g/mol. The van der Waals surface area contributed by atoms with E-state index in [9.17, 15) is 5.11 Å². The van der Waals surface area contributed by atoms with E-state index >= 15 is 0 Å². The topological polar surface area (TPSA) is 23.5 Å². The van der Waals surface area contributed by atoms with Gasteiger partial charge in [0.1, 0.15) is 0 Å². The number of halogens is 1. The van der Waals surface area contributed by atoms with Gasteiger partial charge in [0.25, 0.3) is 0 Å². The molecule has 0 atom stereocenters. The summed E-state index contributed by atoms with van der Waals surface area (Å²) in [4.78, 5) is 2.20. The van der Waals surface area contributed by atoms with E-state index in [-0.39, 0.29) is 6.61 Å². The molecule has 0 amide bonds. The Labute approximate surface area is 170 Å². The molecule has 0 heterocycles. The van der Waals surface area contributed by atoms with Crippen molar-refractivity contribution < 1.29 is 5.11 Å². The van der Waals surface area contributed by atoms with Crippen LogP contribution in [-0.4, -0.2) is 5.11 Å². The van der Waals surface area contributed by atoms with Gasteiger partial charge >= 0.3 is 0 Å². The van der Waals surface area contributed by atoms with Crippen LogP contribution in [0, 0.1) is 0 Å². The van der Waals surface area contributed by atoms with Gasteiger partial charge in [0.2, 0.25) is 0 Å². The molecule has 1 N–H and O–H groups in total. The summed E-state index contributed by atoms with van der Waals surface area (Å²) in [6.45, 7) is 0.0431. The second-order valence-corrected chi connectivity index (χ2v) is 6.99. The molecule has 138 valence electrons. The van der Waals surface area contributed by atoms with Gasteiger partial charge in [-0.3, -0.25) is 0 Å². The Hall–Kier alpha value is -3.07. The standard InChI is InChI=1S/C25H20ClNO/c26-22-12-8-20(9-13-22)21-10-16-25(17-11-21)27(23-4-2-1-3-5-23)24-14-6-19(18-28)7-15-24/h1-17,28H,18H2. The Balaban J connectivity index is 1.73. The molecule has 28 heavy (non-hydrogen) atoms. The highest BCUT2D eigenvalue weighted by atomic mass is 35.5. The zero-order valence-electron chi connectivity index (χ0n) is 15.3. The minimum atomic E-state index is 0.0431. The van der Waals surface area contributed by atoms with E-state index in [2.05, 4.69) is 41.3 Å². The highest BCUT2D eigenvalue weighted by Crippen LogP contribution is 2.35. The first kappa shape index (κ1) is 18.3. The Bertz CT molecular complexity index is 1030. The third-order valence-electron chi connectivity index (χ3n) is 4.69. The van der Waals surface area contributed by atoms with Gasteiger partial charge in [-0.1, -0.05) is 66.2 Å². The first-order valence-corrected chi connectivity index (χ1v) is 9.53. The average Bonchev–Trinajstić information content (AvgIpc) is 2.76. The Kier molecular flexibility index (Phi) is 5.43. The van der Waals surface area contributed by atoms with Crippen molar-refractivity contribution in [1.29, 1.82) is 0 Å². The third kappa shape index (κ3) is 3.94. The number of nitrogens with zero attached hydrogens (tertiary/aromatic N) is 1. The lowest BCUT2D eigenvalue weighted by atomic mass is 10.0. The van der Waals surface area contributed by atoms with Gasteiger partial charge in [0, 0.05) is 22.1 Å². The zero-order valence-corrected chi connectivity index (χ0v) is 16.1. The van der Waals surface area contributed by atoms with E-state index in [4.69, 9.17) is 11.6 Å². The van der Waals surface area contributed by atoms with E-state index in [0.29, 0.717) is 0 Å². The van der Waals surface area contributed by atoms with Crippen LogP contribution < -0.4 is 4.90 Å². The molecule has 0 bridgehead atoms. The molecule has 0 saturated heterocycles. The highest BCUT2D eigenvalue weighted by Gasteiger charge is 2.12. The fraction of sp³-hybridized carbons (Fsp3) is 0.0400. The van der Waals surface area contributed by atoms with E-state index in [1.165, 1.54) is 0 Å². The monoisotopic (exact) mass is 385 g/mol. The number of rotatable bonds is 5. The van der Waals surface area contributed by atoms with Crippen molar-refractivity contribution in [3.05, 3.63) is 114 Å². The molecule has 0 aliphatic carbocycles. The number of anilines is 3. The maximum atomic E-state index is 9.34. The van der Waals surface area contributed by atoms with Crippen LogP contribution in [0.3, 0.4) is 0 Å². The smallest absolute Gasteiger partial charge is 0.0681 e. The number of benzene rings is 4. The van der Waals surface area contributed by atoms with Crippen LogP contribution in [0.5, 0.6) is 0 Å². The molecule has 0 aliphatic rings. The SMILES string of the molecule is OCc1ccc(N(c2ccccc2)c2ccc(-c3ccc(Cl)cc3)cc2)cc1. The van der Waals surface area contributed by atoms with Crippen LogP contribution in [0.25, 0.3) is 11.1 Å². The molecule has 0 radical (unpaired) electrons. The first-order chi connectivity index (χ1) is 13.7. The zero-order chi connectivity index (χ0) is 19.3. The van der Waals surface area contributed by atoms with Crippen molar-refractivity contribution in [1.82, 2.24) is 0 Å². The molecule has 0 aromatic heterocycles. The minimum Gasteiger partial charge on any atom is -0.392 e. The van der Waals surface area contributed by atoms with E-state index in [1.807, 2.05) is 66.7 Å². The van der Waals surface area contributed by atoms with Crippen LogP contribution in [-0.2, 0) is 6.61 Å². The fourth-order valence-corrected chi connectivity index (χ4v) is 3.35. The molecule has 0 unspecified atom stereocenters. The van der Waals surface area contributed by atoms with Crippen molar-refractivity contribution in [3.63, 3.8) is 0 Å². The van der Waals surface area contributed by atoms with Gasteiger partial charge in [-0.15, -0.1) is 0 Å². The minimum absolute atomic E-state index is 0.0431. The lowest BCUT2D eigenvalue weighted by Crippen LogP contribution is -2.09. The van der Waals surface area contributed by atoms with Gasteiger partial charge in [0.05, 0.1) is 6.61 Å². The third-order valence-corrected chi connectivity index (χ3v) is 4.95. The van der Waals surface area contributed by atoms with Gasteiger partial charge in [-0.05, 0) is 65.2 Å². The second kappa shape index (κ2) is 8.30. The highest BCUT2D eigenvalue weighted by molar-refractivity contribution is 6.30. The summed E-state index contributed by atoms with van der Waals surface area (Å²) < 4.78 is 0. The number of para-hydroxylation sites is 1. The van der Waals surface area contributed by atoms with E-state index < -0.39 is 0 Å². The van der Waals surface area contributed by atoms with Gasteiger partial charge < -0.3 is 10.0 Å². The quantitative estimate of drug-likeness (QED) is 0.401. The van der Waals surface area contributed by atoms with Crippen LogP contribution in [0.15, 0.2) is 103 Å². The second-order valence-electron chi connectivity index (χ2n) is 6.55. The Morgan fingerprint density at radius 3 is 1.57 bits per heavy atom. The number of aliphatic hydroxyl groups is 1. The molecule has 0 fully saturated rings. The summed E-state index contributed by atoms with van der Waals surface area (Å²) in [7, 11) is 0. The molecule has 0 saturated carbocycles. The molecule has 0 spiro atoms. The van der Waals surface area contributed by atoms with E-state index in [1.54, 1.807) is 0 Å². The van der Waals surface area contributed by atoms with E-state index in [0.717, 1.165) is 38.8 Å². The predicted octanol–water partition coefficient (Wildman–Crippen LogP) is 6.97. The normalized spacial score (nSPS) is 10.6. The average molecular weight is 386 g/mol. The summed E-state index contributed by atoms with van der Waals surface area (Å²) in [6.07, 6.45) is 0. The van der Waals surface area contributed by atoms with Crippen molar-refractivity contribution in [2.75, 3.05) is 4.90 Å². The summed E-state index contributed by atoms with van der Waals surface area (Å²) in [5.41, 5.74) is 6.37. The summed E-state index contributed by atoms with van der Waals surface area (Å²) in [6, 6.07) is 34.6. The van der Waals surface area contributed by atoms with Crippen LogP contribution >= 0.6 is 11.6 Å². The summed E-state index contributed by atoms with van der Waals surface area (Å²) in [5, 5.41) is 10.1. The number of hydrogen-bond acceptors (Lipinski definition) is 2. The maximum Gasteiger partial charge on any atom is 0.0681 e. The van der Waals surface area contributed by atoms with Crippen LogP contribution in [0.2, 0.25) is 5.02 Å². The van der Waals surface area contributed by atoms with Gasteiger partial charge in [0.15, 0.2) is 0 Å². The molecule has 4 aromatic rings. The Morgan fingerprint density at radius 1 is 0.571 bits per heavy atom. The predicted molar refractivity (Wildman–Crippen MR) is 117 cm³/mol. The molecule has 0 aliphatic heterocycles. The molecule has 2 nitrogen and oxygen atoms in total. The number of aliphatic hydroxyl groups excluding tert-OH is 1. The molecular formula is C25H20ClNO. The largest absolute Gasteiger partial charge is 0.392 e. The molecule has 4 rings (SSSR count). The molecule has 3 heteroatoms. The van der Waals surface area contributed by atoms with Crippen LogP contribution in [0.1, 0.15) is 5.56 Å². The van der Waals surface area contributed by atoms with Crippen molar-refractivity contribution in [2.24, 2.45) is 0 Å². The Morgan fingerprint density at radius 2 is 1.04 bits per heavy atom. The maximum absolute atomic E-state index is 9.34.